The predicted molar refractivity (Wildman–Crippen MR) is 56.6 cm³/mol. The summed E-state index contributed by atoms with van der Waals surface area (Å²) in [4.78, 5) is 2.42. The first-order valence-corrected chi connectivity index (χ1v) is 5.23. The lowest BCUT2D eigenvalue weighted by molar-refractivity contribution is 0.303. The number of rotatable bonds is 4. The molecule has 1 unspecified atom stereocenters. The van der Waals surface area contributed by atoms with Crippen LogP contribution in [0.5, 0.6) is 0 Å². The van der Waals surface area contributed by atoms with Crippen molar-refractivity contribution in [2.24, 2.45) is 0 Å². The number of hydrogen-bond donors (Lipinski definition) is 1. The van der Waals surface area contributed by atoms with Gasteiger partial charge in [-0.25, -0.2) is 0 Å². The number of likely N-dealkylation sites (N-methyl/N-ethyl adjacent to an activating group) is 1. The highest BCUT2D eigenvalue weighted by molar-refractivity contribution is 9.11. The molecule has 0 aromatic heterocycles. The van der Waals surface area contributed by atoms with E-state index >= 15 is 0 Å². The zero-order chi connectivity index (χ0) is 8.97. The zero-order valence-corrected chi connectivity index (χ0v) is 9.23. The van der Waals surface area contributed by atoms with Gasteiger partial charge in [-0.3, -0.25) is 0 Å². The Labute approximate surface area is 83.1 Å². The Morgan fingerprint density at radius 3 is 3.00 bits per heavy atom. The van der Waals surface area contributed by atoms with E-state index in [-0.39, 0.29) is 0 Å². The van der Waals surface area contributed by atoms with E-state index in [1.165, 1.54) is 19.4 Å². The van der Waals surface area contributed by atoms with Crippen molar-refractivity contribution >= 4 is 15.9 Å². The molecule has 0 saturated carbocycles. The minimum absolute atomic E-state index is 0.733. The Morgan fingerprint density at radius 1 is 1.75 bits per heavy atom. The van der Waals surface area contributed by atoms with Crippen molar-refractivity contribution in [2.75, 3.05) is 26.7 Å². The molecule has 0 aromatic carbocycles. The van der Waals surface area contributed by atoms with Crippen molar-refractivity contribution in [2.45, 2.75) is 18.9 Å². The SMILES string of the molecule is C=C(Br)CNCC1CCCN1C. The maximum absolute atomic E-state index is 3.78. The van der Waals surface area contributed by atoms with Gasteiger partial charge in [-0.05, 0) is 26.4 Å². The molecule has 2 nitrogen and oxygen atoms in total. The minimum Gasteiger partial charge on any atom is -0.311 e. The van der Waals surface area contributed by atoms with Crippen molar-refractivity contribution in [3.05, 3.63) is 11.1 Å². The van der Waals surface area contributed by atoms with Crippen molar-refractivity contribution in [3.8, 4) is 0 Å². The molecule has 1 rings (SSSR count). The third-order valence-corrected chi connectivity index (χ3v) is 2.65. The number of hydrogen-bond acceptors (Lipinski definition) is 2. The van der Waals surface area contributed by atoms with Gasteiger partial charge in [-0.2, -0.15) is 0 Å². The molecule has 1 fully saturated rings. The molecule has 0 amide bonds. The Kier molecular flexibility index (Phi) is 4.26. The number of likely N-dealkylation sites (tertiary alicyclic amines) is 1. The van der Waals surface area contributed by atoms with Crippen LogP contribution in [0.3, 0.4) is 0 Å². The second-order valence-corrected chi connectivity index (χ2v) is 4.55. The number of nitrogens with one attached hydrogen (secondary N) is 1. The standard InChI is InChI=1S/C9H17BrN2/c1-8(10)6-11-7-9-4-3-5-12(9)2/h9,11H,1,3-7H2,2H3. The predicted octanol–water partition coefficient (Wildman–Crippen LogP) is 1.58. The molecule has 70 valence electrons. The molecule has 12 heavy (non-hydrogen) atoms. The Hall–Kier alpha value is 0.140. The lowest BCUT2D eigenvalue weighted by Gasteiger charge is -2.19. The first-order valence-electron chi connectivity index (χ1n) is 4.44. The van der Waals surface area contributed by atoms with Crippen molar-refractivity contribution in [3.63, 3.8) is 0 Å². The van der Waals surface area contributed by atoms with E-state index in [0.29, 0.717) is 0 Å². The number of nitrogens with zero attached hydrogens (tertiary/aromatic N) is 1. The van der Waals surface area contributed by atoms with Gasteiger partial charge in [0.05, 0.1) is 0 Å². The van der Waals surface area contributed by atoms with Crippen LogP contribution in [0.4, 0.5) is 0 Å². The van der Waals surface area contributed by atoms with Crippen LogP contribution in [0, 0.1) is 0 Å². The van der Waals surface area contributed by atoms with Crippen LogP contribution in [0.25, 0.3) is 0 Å². The molecular weight excluding hydrogens is 216 g/mol. The molecule has 1 heterocycles. The molecule has 0 bridgehead atoms. The molecule has 0 radical (unpaired) electrons. The van der Waals surface area contributed by atoms with Crippen LogP contribution in [-0.2, 0) is 0 Å². The highest BCUT2D eigenvalue weighted by atomic mass is 79.9. The zero-order valence-electron chi connectivity index (χ0n) is 7.65. The first-order chi connectivity index (χ1) is 5.70. The van der Waals surface area contributed by atoms with E-state index in [2.05, 4.69) is 39.8 Å². The maximum atomic E-state index is 3.78. The normalized spacial score (nSPS) is 24.7. The summed E-state index contributed by atoms with van der Waals surface area (Å²) < 4.78 is 1.03. The lowest BCUT2D eigenvalue weighted by Crippen LogP contribution is -2.35. The van der Waals surface area contributed by atoms with Crippen LogP contribution in [-0.4, -0.2) is 37.6 Å². The fraction of sp³-hybridized carbons (Fsp3) is 0.778. The van der Waals surface area contributed by atoms with Gasteiger partial charge in [0, 0.05) is 23.6 Å². The summed E-state index contributed by atoms with van der Waals surface area (Å²) in [5, 5.41) is 3.37. The summed E-state index contributed by atoms with van der Waals surface area (Å²) in [6.07, 6.45) is 2.68. The second kappa shape index (κ2) is 5.00. The highest BCUT2D eigenvalue weighted by Gasteiger charge is 2.19. The van der Waals surface area contributed by atoms with Crippen molar-refractivity contribution in [1.29, 1.82) is 0 Å². The van der Waals surface area contributed by atoms with E-state index in [1.54, 1.807) is 0 Å². The Bertz CT molecular complexity index is 159. The second-order valence-electron chi connectivity index (χ2n) is 3.42. The maximum Gasteiger partial charge on any atom is 0.0266 e. The molecule has 1 aliphatic rings. The Balaban J connectivity index is 2.10. The topological polar surface area (TPSA) is 15.3 Å². The summed E-state index contributed by atoms with van der Waals surface area (Å²) in [6, 6.07) is 0.733. The van der Waals surface area contributed by atoms with Crippen LogP contribution < -0.4 is 5.32 Å². The summed E-state index contributed by atoms with van der Waals surface area (Å²) in [5.41, 5.74) is 0. The van der Waals surface area contributed by atoms with Gasteiger partial charge >= 0.3 is 0 Å². The van der Waals surface area contributed by atoms with Crippen molar-refractivity contribution < 1.29 is 0 Å². The van der Waals surface area contributed by atoms with Gasteiger partial charge < -0.3 is 10.2 Å². The third kappa shape index (κ3) is 3.25. The molecule has 1 saturated heterocycles. The van der Waals surface area contributed by atoms with Crippen LogP contribution in [0.2, 0.25) is 0 Å². The summed E-state index contributed by atoms with van der Waals surface area (Å²) >= 11 is 3.33. The lowest BCUT2D eigenvalue weighted by atomic mass is 10.2. The van der Waals surface area contributed by atoms with Crippen LogP contribution >= 0.6 is 15.9 Å². The van der Waals surface area contributed by atoms with Crippen molar-refractivity contribution in [1.82, 2.24) is 10.2 Å². The fourth-order valence-electron chi connectivity index (χ4n) is 1.61. The molecule has 0 aliphatic carbocycles. The summed E-state index contributed by atoms with van der Waals surface area (Å²) in [6.45, 7) is 6.99. The van der Waals surface area contributed by atoms with E-state index in [9.17, 15) is 0 Å². The van der Waals surface area contributed by atoms with E-state index < -0.39 is 0 Å². The largest absolute Gasteiger partial charge is 0.311 e. The van der Waals surface area contributed by atoms with Gasteiger partial charge in [0.25, 0.3) is 0 Å². The summed E-state index contributed by atoms with van der Waals surface area (Å²) in [7, 11) is 2.20. The molecular formula is C9H17BrN2. The van der Waals surface area contributed by atoms with E-state index in [0.717, 1.165) is 23.6 Å². The van der Waals surface area contributed by atoms with E-state index in [4.69, 9.17) is 0 Å². The van der Waals surface area contributed by atoms with Crippen LogP contribution in [0.1, 0.15) is 12.8 Å². The van der Waals surface area contributed by atoms with Gasteiger partial charge in [0.2, 0.25) is 0 Å². The molecule has 3 heteroatoms. The van der Waals surface area contributed by atoms with Gasteiger partial charge in [-0.15, -0.1) is 0 Å². The number of halogens is 1. The first kappa shape index (κ1) is 10.2. The van der Waals surface area contributed by atoms with Crippen LogP contribution in [0.15, 0.2) is 11.1 Å². The van der Waals surface area contributed by atoms with Gasteiger partial charge in [-0.1, -0.05) is 22.5 Å². The van der Waals surface area contributed by atoms with Gasteiger partial charge in [0.15, 0.2) is 0 Å². The highest BCUT2D eigenvalue weighted by Crippen LogP contribution is 2.13. The molecule has 1 aliphatic heterocycles. The van der Waals surface area contributed by atoms with Gasteiger partial charge in [0.1, 0.15) is 0 Å². The minimum atomic E-state index is 0.733. The average Bonchev–Trinajstić information content (AvgIpc) is 2.36. The molecule has 0 spiro atoms. The third-order valence-electron chi connectivity index (χ3n) is 2.37. The monoisotopic (exact) mass is 232 g/mol. The van der Waals surface area contributed by atoms with E-state index in [1.807, 2.05) is 0 Å². The average molecular weight is 233 g/mol. The molecule has 0 aromatic rings. The fourth-order valence-corrected chi connectivity index (χ4v) is 1.81. The molecule has 1 N–H and O–H groups in total. The quantitative estimate of drug-likeness (QED) is 0.793. The molecule has 1 atom stereocenters. The Morgan fingerprint density at radius 2 is 2.50 bits per heavy atom. The smallest absolute Gasteiger partial charge is 0.0266 e. The summed E-state index contributed by atoms with van der Waals surface area (Å²) in [5.74, 6) is 0.